The molecule has 2 aliphatic heterocycles. The van der Waals surface area contributed by atoms with Crippen molar-refractivity contribution < 1.29 is 19.0 Å². The van der Waals surface area contributed by atoms with Crippen molar-refractivity contribution in [1.82, 2.24) is 14.8 Å². The van der Waals surface area contributed by atoms with Gasteiger partial charge in [-0.05, 0) is 6.07 Å². The van der Waals surface area contributed by atoms with Crippen LogP contribution in [0.1, 0.15) is 18.0 Å². The molecule has 1 amide bonds. The first-order valence-corrected chi connectivity index (χ1v) is 6.43. The minimum absolute atomic E-state index is 0.111. The Kier molecular flexibility index (Phi) is 2.50. The summed E-state index contributed by atoms with van der Waals surface area (Å²) in [4.78, 5) is 15.9. The topological polar surface area (TPSA) is 87.5 Å². The van der Waals surface area contributed by atoms with Crippen molar-refractivity contribution >= 4 is 11.9 Å². The second-order valence-electron chi connectivity index (χ2n) is 4.74. The summed E-state index contributed by atoms with van der Waals surface area (Å²) in [5.41, 5.74) is 0.809. The predicted molar refractivity (Wildman–Crippen MR) is 70.5 cm³/mol. The normalized spacial score (nSPS) is 19.1. The number of hydrogen-bond donors (Lipinski definition) is 1. The summed E-state index contributed by atoms with van der Waals surface area (Å²) in [6.07, 6.45) is 1.67. The summed E-state index contributed by atoms with van der Waals surface area (Å²) >= 11 is 0. The van der Waals surface area contributed by atoms with Crippen molar-refractivity contribution in [3.05, 3.63) is 24.0 Å². The number of nitrogens with one attached hydrogen (secondary N) is 1. The number of anilines is 1. The Morgan fingerprint density at radius 1 is 1.38 bits per heavy atom. The van der Waals surface area contributed by atoms with Gasteiger partial charge >= 0.3 is 0 Å². The lowest BCUT2D eigenvalue weighted by molar-refractivity contribution is -0.117. The molecular formula is C13H12N4O4. The number of carbonyl (C=O) groups is 1. The third-order valence-electron chi connectivity index (χ3n) is 3.58. The summed E-state index contributed by atoms with van der Waals surface area (Å²) in [5.74, 6) is 2.21. The number of fused-ring (bicyclic) bond motifs is 2. The lowest BCUT2D eigenvalue weighted by Crippen LogP contribution is -2.29. The van der Waals surface area contributed by atoms with E-state index in [2.05, 4.69) is 15.4 Å². The highest BCUT2D eigenvalue weighted by atomic mass is 16.7. The highest BCUT2D eigenvalue weighted by Gasteiger charge is 2.31. The maximum atomic E-state index is 11.9. The Hall–Kier alpha value is -2.77. The van der Waals surface area contributed by atoms with E-state index in [0.717, 1.165) is 5.56 Å². The van der Waals surface area contributed by atoms with Crippen LogP contribution in [0.25, 0.3) is 0 Å². The van der Waals surface area contributed by atoms with Crippen LogP contribution in [0.15, 0.2) is 18.5 Å². The summed E-state index contributed by atoms with van der Waals surface area (Å²) < 4.78 is 17.8. The Bertz CT molecular complexity index is 727. The van der Waals surface area contributed by atoms with Crippen LogP contribution < -0.4 is 19.5 Å². The van der Waals surface area contributed by atoms with Gasteiger partial charge in [0.1, 0.15) is 12.1 Å². The maximum Gasteiger partial charge on any atom is 0.231 e. The zero-order chi connectivity index (χ0) is 14.4. The Morgan fingerprint density at radius 3 is 3.00 bits per heavy atom. The van der Waals surface area contributed by atoms with Crippen LogP contribution >= 0.6 is 0 Å². The van der Waals surface area contributed by atoms with Crippen LogP contribution in [0.2, 0.25) is 0 Å². The fraction of sp³-hybridized carbons (Fsp3) is 0.308. The van der Waals surface area contributed by atoms with Crippen LogP contribution in [-0.4, -0.2) is 34.6 Å². The molecule has 3 heterocycles. The zero-order valence-electron chi connectivity index (χ0n) is 11.2. The van der Waals surface area contributed by atoms with Crippen molar-refractivity contribution in [2.24, 2.45) is 0 Å². The smallest absolute Gasteiger partial charge is 0.231 e. The number of hydrogen-bond acceptors (Lipinski definition) is 6. The van der Waals surface area contributed by atoms with E-state index < -0.39 is 0 Å². The molecule has 0 unspecified atom stereocenters. The van der Waals surface area contributed by atoms with E-state index >= 15 is 0 Å². The number of ether oxygens (including phenoxy) is 3. The summed E-state index contributed by atoms with van der Waals surface area (Å²) in [7, 11) is 1.58. The van der Waals surface area contributed by atoms with Gasteiger partial charge in [-0.3, -0.25) is 10.1 Å². The standard InChI is InChI=1S/C13H12N4O4/c1-19-9-4-11-10(20-6-21-11)2-7(9)8-3-12(18)16-13-14-5-15-17(8)13/h2,4-5,8H,3,6H2,1H3,(H,14,15,16,18)/t8-/m0/s1. The second kappa shape index (κ2) is 4.37. The quantitative estimate of drug-likeness (QED) is 0.885. The van der Waals surface area contributed by atoms with E-state index in [1.54, 1.807) is 17.9 Å². The Labute approximate surface area is 119 Å². The summed E-state index contributed by atoms with van der Waals surface area (Å²) in [6, 6.07) is 3.30. The van der Waals surface area contributed by atoms with Crippen LogP contribution in [0.3, 0.4) is 0 Å². The molecule has 0 radical (unpaired) electrons. The molecule has 1 aromatic carbocycles. The molecule has 0 bridgehead atoms. The van der Waals surface area contributed by atoms with Gasteiger partial charge in [0.05, 0.1) is 19.6 Å². The van der Waals surface area contributed by atoms with Gasteiger partial charge < -0.3 is 14.2 Å². The number of methoxy groups -OCH3 is 1. The largest absolute Gasteiger partial charge is 0.496 e. The van der Waals surface area contributed by atoms with E-state index in [9.17, 15) is 4.79 Å². The second-order valence-corrected chi connectivity index (χ2v) is 4.74. The monoisotopic (exact) mass is 288 g/mol. The average molecular weight is 288 g/mol. The van der Waals surface area contributed by atoms with E-state index in [1.807, 2.05) is 6.07 Å². The molecule has 1 atom stereocenters. The SMILES string of the molecule is COc1cc2c(cc1[C@@H]1CC(=O)Nc3ncnn31)OCO2. The zero-order valence-corrected chi connectivity index (χ0v) is 11.2. The predicted octanol–water partition coefficient (Wildman–Crippen LogP) is 0.947. The number of carbonyl (C=O) groups excluding carboxylic acids is 1. The highest BCUT2D eigenvalue weighted by Crippen LogP contribution is 2.43. The molecule has 0 fully saturated rings. The number of benzene rings is 1. The van der Waals surface area contributed by atoms with Gasteiger partial charge in [-0.25, -0.2) is 4.68 Å². The minimum Gasteiger partial charge on any atom is -0.496 e. The molecule has 1 N–H and O–H groups in total. The third-order valence-corrected chi connectivity index (χ3v) is 3.58. The van der Waals surface area contributed by atoms with Gasteiger partial charge in [-0.15, -0.1) is 0 Å². The molecule has 0 aliphatic carbocycles. The van der Waals surface area contributed by atoms with Gasteiger partial charge in [0.15, 0.2) is 11.5 Å². The van der Waals surface area contributed by atoms with Crippen molar-refractivity contribution in [3.63, 3.8) is 0 Å². The molecule has 21 heavy (non-hydrogen) atoms. The molecule has 2 aromatic rings. The average Bonchev–Trinajstić information content (AvgIpc) is 3.12. The maximum absolute atomic E-state index is 11.9. The van der Waals surface area contributed by atoms with Gasteiger partial charge in [-0.1, -0.05) is 0 Å². The van der Waals surface area contributed by atoms with Crippen LogP contribution in [-0.2, 0) is 4.79 Å². The third kappa shape index (κ3) is 1.79. The minimum atomic E-state index is -0.291. The fourth-order valence-corrected chi connectivity index (χ4v) is 2.62. The van der Waals surface area contributed by atoms with Gasteiger partial charge in [0.2, 0.25) is 18.6 Å². The molecule has 0 spiro atoms. The van der Waals surface area contributed by atoms with Crippen molar-refractivity contribution in [1.29, 1.82) is 0 Å². The van der Waals surface area contributed by atoms with Crippen LogP contribution in [0, 0.1) is 0 Å². The van der Waals surface area contributed by atoms with E-state index in [0.29, 0.717) is 23.2 Å². The molecule has 0 saturated heterocycles. The lowest BCUT2D eigenvalue weighted by atomic mass is 10.0. The molecule has 1 aromatic heterocycles. The first kappa shape index (κ1) is 12.0. The molecule has 8 heteroatoms. The Balaban J connectivity index is 1.85. The molecule has 8 nitrogen and oxygen atoms in total. The Morgan fingerprint density at radius 2 is 2.19 bits per heavy atom. The summed E-state index contributed by atoms with van der Waals surface area (Å²) in [6.45, 7) is 0.182. The van der Waals surface area contributed by atoms with Gasteiger partial charge in [-0.2, -0.15) is 10.1 Å². The lowest BCUT2D eigenvalue weighted by Gasteiger charge is -2.25. The molecule has 4 rings (SSSR count). The van der Waals surface area contributed by atoms with Crippen molar-refractivity contribution in [2.45, 2.75) is 12.5 Å². The van der Waals surface area contributed by atoms with Crippen molar-refractivity contribution in [3.8, 4) is 17.2 Å². The van der Waals surface area contributed by atoms with Crippen LogP contribution in [0.5, 0.6) is 17.2 Å². The first-order valence-electron chi connectivity index (χ1n) is 6.43. The molecule has 0 saturated carbocycles. The number of rotatable bonds is 2. The van der Waals surface area contributed by atoms with Crippen LogP contribution in [0.4, 0.5) is 5.95 Å². The van der Waals surface area contributed by atoms with Crippen molar-refractivity contribution in [2.75, 3.05) is 19.2 Å². The van der Waals surface area contributed by atoms with Gasteiger partial charge in [0.25, 0.3) is 0 Å². The summed E-state index contributed by atoms with van der Waals surface area (Å²) in [5, 5.41) is 6.86. The number of aromatic nitrogens is 3. The van der Waals surface area contributed by atoms with E-state index in [4.69, 9.17) is 14.2 Å². The van der Waals surface area contributed by atoms with E-state index in [-0.39, 0.29) is 25.2 Å². The van der Waals surface area contributed by atoms with E-state index in [1.165, 1.54) is 6.33 Å². The number of nitrogens with zero attached hydrogens (tertiary/aromatic N) is 3. The molecule has 108 valence electrons. The molecular weight excluding hydrogens is 276 g/mol. The molecule has 2 aliphatic rings. The first-order chi connectivity index (χ1) is 10.3. The fourth-order valence-electron chi connectivity index (χ4n) is 2.62. The van der Waals surface area contributed by atoms with Gasteiger partial charge in [0, 0.05) is 11.6 Å². The number of amides is 1. The highest BCUT2D eigenvalue weighted by molar-refractivity contribution is 5.91.